The monoisotopic (exact) mass is 536 g/mol. The van der Waals surface area contributed by atoms with Crippen LogP contribution in [0.15, 0.2) is 54.6 Å². The van der Waals surface area contributed by atoms with Crippen molar-refractivity contribution >= 4 is 23.3 Å². The molecule has 1 saturated carbocycles. The summed E-state index contributed by atoms with van der Waals surface area (Å²) in [5, 5.41) is 21.2. The highest BCUT2D eigenvalue weighted by atomic mass is 35.5. The first kappa shape index (κ1) is 29.7. The molecule has 1 unspecified atom stereocenters. The maximum atomic E-state index is 13.3. The first-order valence-electron chi connectivity index (χ1n) is 13.6. The van der Waals surface area contributed by atoms with E-state index in [1.54, 1.807) is 12.1 Å². The molecule has 0 saturated heterocycles. The quantitative estimate of drug-likeness (QED) is 0.160. The Labute approximate surface area is 232 Å². The Morgan fingerprint density at radius 2 is 1.95 bits per heavy atom. The number of aliphatic hydroxyl groups excluding tert-OH is 1. The molecule has 0 bridgehead atoms. The fourth-order valence-corrected chi connectivity index (χ4v) is 3.98. The predicted octanol–water partition coefficient (Wildman–Crippen LogP) is 5.23. The summed E-state index contributed by atoms with van der Waals surface area (Å²) in [6.07, 6.45) is 7.00. The van der Waals surface area contributed by atoms with E-state index >= 15 is 0 Å². The second-order valence-electron chi connectivity index (χ2n) is 10.4. The smallest absolute Gasteiger partial charge is 0.251 e. The highest BCUT2D eigenvalue weighted by molar-refractivity contribution is 6.29. The van der Waals surface area contributed by atoms with Crippen molar-refractivity contribution in [2.24, 2.45) is 11.8 Å². The molecule has 3 rings (SSSR count). The van der Waals surface area contributed by atoms with Crippen molar-refractivity contribution < 1.29 is 9.90 Å². The Balaban J connectivity index is 1.74. The van der Waals surface area contributed by atoms with E-state index in [1.807, 2.05) is 36.4 Å². The van der Waals surface area contributed by atoms with Crippen LogP contribution in [0.4, 0.5) is 5.82 Å². The number of anilines is 1. The average molecular weight is 537 g/mol. The SMILES string of the molecule is CC/C=C\C(C#CC1CC1)NC[C@@H](O)[C@H](Cc1ccccc1)NC(=O)c1cc(Cl)nc(N[C@@H](C)C(C)C)c1. The van der Waals surface area contributed by atoms with Gasteiger partial charge in [-0.15, -0.1) is 0 Å². The van der Waals surface area contributed by atoms with Crippen molar-refractivity contribution in [2.75, 3.05) is 11.9 Å². The Morgan fingerprint density at radius 1 is 1.21 bits per heavy atom. The number of hydrogen-bond acceptors (Lipinski definition) is 5. The number of nitrogens with one attached hydrogen (secondary N) is 3. The summed E-state index contributed by atoms with van der Waals surface area (Å²) < 4.78 is 0. The highest BCUT2D eigenvalue weighted by Gasteiger charge is 2.24. The molecule has 204 valence electrons. The van der Waals surface area contributed by atoms with Gasteiger partial charge in [0.2, 0.25) is 0 Å². The van der Waals surface area contributed by atoms with E-state index < -0.39 is 12.1 Å². The minimum Gasteiger partial charge on any atom is -0.390 e. The predicted molar refractivity (Wildman–Crippen MR) is 156 cm³/mol. The molecule has 1 aromatic heterocycles. The van der Waals surface area contributed by atoms with Gasteiger partial charge in [-0.2, -0.15) is 0 Å². The number of benzene rings is 1. The number of hydrogen-bond donors (Lipinski definition) is 4. The van der Waals surface area contributed by atoms with E-state index in [4.69, 9.17) is 11.6 Å². The van der Waals surface area contributed by atoms with Crippen LogP contribution in [0.3, 0.4) is 0 Å². The maximum absolute atomic E-state index is 13.3. The van der Waals surface area contributed by atoms with Crippen molar-refractivity contribution in [3.8, 4) is 11.8 Å². The number of allylic oxidation sites excluding steroid dienone is 1. The first-order chi connectivity index (χ1) is 18.2. The summed E-state index contributed by atoms with van der Waals surface area (Å²) in [4.78, 5) is 17.7. The van der Waals surface area contributed by atoms with E-state index in [0.717, 1.165) is 24.8 Å². The van der Waals surface area contributed by atoms with Gasteiger partial charge in [0.1, 0.15) is 11.0 Å². The molecule has 1 aromatic carbocycles. The van der Waals surface area contributed by atoms with Crippen LogP contribution in [0.2, 0.25) is 5.15 Å². The third-order valence-electron chi connectivity index (χ3n) is 6.64. The van der Waals surface area contributed by atoms with E-state index in [2.05, 4.69) is 66.5 Å². The maximum Gasteiger partial charge on any atom is 0.251 e. The zero-order valence-corrected chi connectivity index (χ0v) is 23.6. The van der Waals surface area contributed by atoms with Crippen LogP contribution >= 0.6 is 11.6 Å². The lowest BCUT2D eigenvalue weighted by atomic mass is 10.00. The molecule has 38 heavy (non-hydrogen) atoms. The molecule has 1 aliphatic carbocycles. The second kappa shape index (κ2) is 14.9. The molecule has 1 aliphatic rings. The zero-order valence-electron chi connectivity index (χ0n) is 22.9. The molecule has 0 spiro atoms. The summed E-state index contributed by atoms with van der Waals surface area (Å²) in [5.74, 6) is 7.71. The summed E-state index contributed by atoms with van der Waals surface area (Å²) in [6, 6.07) is 12.6. The fourth-order valence-electron chi connectivity index (χ4n) is 3.77. The Kier molecular flexibility index (Phi) is 11.7. The molecule has 4 atom stereocenters. The van der Waals surface area contributed by atoms with Crippen molar-refractivity contribution in [1.29, 1.82) is 0 Å². The number of nitrogens with zero attached hydrogens (tertiary/aromatic N) is 1. The van der Waals surface area contributed by atoms with Crippen molar-refractivity contribution in [1.82, 2.24) is 15.6 Å². The minimum atomic E-state index is -0.838. The lowest BCUT2D eigenvalue weighted by Gasteiger charge is -2.26. The van der Waals surface area contributed by atoms with Gasteiger partial charge >= 0.3 is 0 Å². The normalized spacial score (nSPS) is 16.4. The number of aliphatic hydroxyl groups is 1. The molecule has 2 aromatic rings. The molecular weight excluding hydrogens is 496 g/mol. The second-order valence-corrected chi connectivity index (χ2v) is 10.8. The number of halogens is 1. The van der Waals surface area contributed by atoms with Gasteiger partial charge in [0.25, 0.3) is 5.91 Å². The van der Waals surface area contributed by atoms with Gasteiger partial charge in [-0.1, -0.05) is 86.7 Å². The van der Waals surface area contributed by atoms with E-state index in [1.165, 1.54) is 0 Å². The van der Waals surface area contributed by atoms with Gasteiger partial charge in [-0.3, -0.25) is 10.1 Å². The van der Waals surface area contributed by atoms with E-state index in [9.17, 15) is 9.90 Å². The standard InChI is InChI=1S/C31H41ClN4O2/c1-5-6-12-26(16-15-23-13-14-23)33-20-28(37)27(17-24-10-8-7-9-11-24)35-31(38)25-18-29(32)36-30(19-25)34-22(4)21(2)3/h6-12,18-19,21-23,26-28,33,37H,5,13-14,17,20H2,1-4H3,(H,34,36)(H,35,38)/b12-6-/t22-,26?,27-,28+/m0/s1. The average Bonchev–Trinajstić information content (AvgIpc) is 3.72. The lowest BCUT2D eigenvalue weighted by molar-refractivity contribution is 0.0830. The molecule has 6 nitrogen and oxygen atoms in total. The molecule has 4 N–H and O–H groups in total. The fraction of sp³-hybridized carbons (Fsp3) is 0.484. The topological polar surface area (TPSA) is 86.3 Å². The third-order valence-corrected chi connectivity index (χ3v) is 6.84. The molecule has 1 amide bonds. The van der Waals surface area contributed by atoms with Gasteiger partial charge in [0.05, 0.1) is 18.2 Å². The Bertz CT molecular complexity index is 1120. The molecule has 0 radical (unpaired) electrons. The first-order valence-corrected chi connectivity index (χ1v) is 14.0. The lowest BCUT2D eigenvalue weighted by Crippen LogP contribution is -2.49. The molecule has 0 aliphatic heterocycles. The molecule has 7 heteroatoms. The van der Waals surface area contributed by atoms with Gasteiger partial charge in [-0.05, 0) is 56.2 Å². The van der Waals surface area contributed by atoms with E-state index in [0.29, 0.717) is 29.6 Å². The summed E-state index contributed by atoms with van der Waals surface area (Å²) in [5.41, 5.74) is 1.41. The molecular formula is C31H41ClN4O2. The number of carbonyl (C=O) groups is 1. The minimum absolute atomic E-state index is 0.145. The van der Waals surface area contributed by atoms with Crippen molar-refractivity contribution in [3.05, 3.63) is 70.9 Å². The number of carbonyl (C=O) groups excluding carboxylic acids is 1. The Morgan fingerprint density at radius 3 is 2.61 bits per heavy atom. The van der Waals surface area contributed by atoms with Crippen molar-refractivity contribution in [2.45, 2.75) is 77.6 Å². The summed E-state index contributed by atoms with van der Waals surface area (Å²) in [6.45, 7) is 8.65. The van der Waals surface area contributed by atoms with Crippen LogP contribution < -0.4 is 16.0 Å². The highest BCUT2D eigenvalue weighted by Crippen LogP contribution is 2.27. The van der Waals surface area contributed by atoms with Crippen LogP contribution in [0.1, 0.15) is 62.9 Å². The van der Waals surface area contributed by atoms with Crippen molar-refractivity contribution in [3.63, 3.8) is 0 Å². The van der Waals surface area contributed by atoms with Crippen LogP contribution in [0, 0.1) is 23.7 Å². The van der Waals surface area contributed by atoms with Gasteiger partial charge in [0, 0.05) is 24.1 Å². The third kappa shape index (κ3) is 10.1. The number of amides is 1. The number of aromatic nitrogens is 1. The van der Waals surface area contributed by atoms with Gasteiger partial charge in [-0.25, -0.2) is 4.98 Å². The van der Waals surface area contributed by atoms with E-state index in [-0.39, 0.29) is 29.7 Å². The van der Waals surface area contributed by atoms with Crippen LogP contribution in [0.25, 0.3) is 0 Å². The molecule has 1 heterocycles. The van der Waals surface area contributed by atoms with Gasteiger partial charge in [0.15, 0.2) is 0 Å². The van der Waals surface area contributed by atoms with Crippen LogP contribution in [0.5, 0.6) is 0 Å². The molecule has 1 fully saturated rings. The zero-order chi connectivity index (χ0) is 27.5. The van der Waals surface area contributed by atoms with Gasteiger partial charge < -0.3 is 15.7 Å². The van der Waals surface area contributed by atoms with Crippen LogP contribution in [-0.2, 0) is 6.42 Å². The summed E-state index contributed by atoms with van der Waals surface area (Å²) >= 11 is 6.26. The summed E-state index contributed by atoms with van der Waals surface area (Å²) in [7, 11) is 0. The number of rotatable bonds is 13. The number of pyridine rings is 1. The Hall–Kier alpha value is -2.85. The largest absolute Gasteiger partial charge is 0.390 e. The van der Waals surface area contributed by atoms with Crippen LogP contribution in [-0.4, -0.2) is 46.8 Å².